The van der Waals surface area contributed by atoms with Crippen molar-refractivity contribution in [3.63, 3.8) is 0 Å². The minimum absolute atomic E-state index is 0.0127. The van der Waals surface area contributed by atoms with E-state index in [2.05, 4.69) is 0 Å². The van der Waals surface area contributed by atoms with Gasteiger partial charge in [0.2, 0.25) is 15.9 Å². The number of rotatable bonds is 3. The van der Waals surface area contributed by atoms with Crippen molar-refractivity contribution in [1.29, 1.82) is 0 Å². The third-order valence-corrected chi connectivity index (χ3v) is 6.37. The average Bonchev–Trinajstić information content (AvgIpc) is 3.09. The molecule has 1 amide bonds. The second-order valence-corrected chi connectivity index (χ2v) is 7.85. The fourth-order valence-corrected chi connectivity index (χ4v) is 5.00. The first-order chi connectivity index (χ1) is 10.8. The van der Waals surface area contributed by atoms with E-state index in [4.69, 9.17) is 0 Å². The first kappa shape index (κ1) is 16.4. The molecular weight excluding hydrogens is 323 g/mol. The zero-order valence-corrected chi connectivity index (χ0v) is 13.6. The highest BCUT2D eigenvalue weighted by Crippen LogP contribution is 2.33. The van der Waals surface area contributed by atoms with E-state index in [1.165, 1.54) is 13.0 Å². The number of halogens is 1. The Morgan fingerprint density at radius 3 is 2.83 bits per heavy atom. The molecule has 0 aliphatic carbocycles. The number of anilines is 1. The SMILES string of the molecule is CC(=O)N1CCc2cc(S(=O)(=O)N3C[C@@H](F)C[C@H]3CO)ccc21. The molecule has 2 aliphatic heterocycles. The topological polar surface area (TPSA) is 77.9 Å². The van der Waals surface area contributed by atoms with Crippen molar-refractivity contribution in [3.8, 4) is 0 Å². The molecule has 2 aliphatic rings. The van der Waals surface area contributed by atoms with Crippen LogP contribution in [0.3, 0.4) is 0 Å². The summed E-state index contributed by atoms with van der Waals surface area (Å²) in [7, 11) is -3.86. The number of carbonyl (C=O) groups is 1. The Balaban J connectivity index is 1.95. The second kappa shape index (κ2) is 5.85. The molecule has 23 heavy (non-hydrogen) atoms. The monoisotopic (exact) mass is 342 g/mol. The molecule has 8 heteroatoms. The summed E-state index contributed by atoms with van der Waals surface area (Å²) >= 11 is 0. The number of hydrogen-bond donors (Lipinski definition) is 1. The van der Waals surface area contributed by atoms with Crippen molar-refractivity contribution in [2.24, 2.45) is 0 Å². The van der Waals surface area contributed by atoms with Gasteiger partial charge < -0.3 is 10.0 Å². The van der Waals surface area contributed by atoms with E-state index in [9.17, 15) is 22.7 Å². The van der Waals surface area contributed by atoms with Crippen molar-refractivity contribution in [2.75, 3.05) is 24.6 Å². The zero-order chi connectivity index (χ0) is 16.8. The van der Waals surface area contributed by atoms with Gasteiger partial charge >= 0.3 is 0 Å². The van der Waals surface area contributed by atoms with Crippen LogP contribution in [0.25, 0.3) is 0 Å². The van der Waals surface area contributed by atoms with Crippen LogP contribution in [0, 0.1) is 0 Å². The van der Waals surface area contributed by atoms with Crippen LogP contribution in [0.5, 0.6) is 0 Å². The summed E-state index contributed by atoms with van der Waals surface area (Å²) in [5.41, 5.74) is 1.51. The Morgan fingerprint density at radius 1 is 1.43 bits per heavy atom. The van der Waals surface area contributed by atoms with E-state index in [0.717, 1.165) is 15.6 Å². The smallest absolute Gasteiger partial charge is 0.243 e. The fraction of sp³-hybridized carbons (Fsp3) is 0.533. The number of hydrogen-bond acceptors (Lipinski definition) is 4. The van der Waals surface area contributed by atoms with E-state index in [0.29, 0.717) is 13.0 Å². The van der Waals surface area contributed by atoms with E-state index in [1.807, 2.05) is 0 Å². The molecule has 0 spiro atoms. The first-order valence-electron chi connectivity index (χ1n) is 7.52. The highest BCUT2D eigenvalue weighted by molar-refractivity contribution is 7.89. The lowest BCUT2D eigenvalue weighted by molar-refractivity contribution is -0.116. The summed E-state index contributed by atoms with van der Waals surface area (Å²) in [6.45, 7) is 1.37. The summed E-state index contributed by atoms with van der Waals surface area (Å²) < 4.78 is 40.1. The Hall–Kier alpha value is -1.51. The number of aliphatic hydroxyl groups excluding tert-OH is 1. The van der Waals surface area contributed by atoms with E-state index in [1.54, 1.807) is 17.0 Å². The van der Waals surface area contributed by atoms with Gasteiger partial charge in [0, 0.05) is 25.7 Å². The molecule has 6 nitrogen and oxygen atoms in total. The molecule has 1 saturated heterocycles. The lowest BCUT2D eigenvalue weighted by atomic mass is 10.2. The number of alkyl halides is 1. The summed E-state index contributed by atoms with van der Waals surface area (Å²) in [5.74, 6) is -0.0838. The van der Waals surface area contributed by atoms with Crippen LogP contribution in [0.15, 0.2) is 23.1 Å². The molecule has 1 aromatic carbocycles. The van der Waals surface area contributed by atoms with Gasteiger partial charge in [-0.05, 0) is 36.6 Å². The predicted octanol–water partition coefficient (Wildman–Crippen LogP) is 0.689. The van der Waals surface area contributed by atoms with Gasteiger partial charge in [-0.3, -0.25) is 4.79 Å². The molecule has 0 saturated carbocycles. The summed E-state index contributed by atoms with van der Waals surface area (Å²) in [6, 6.07) is 3.88. The maximum Gasteiger partial charge on any atom is 0.243 e. The number of nitrogens with zero attached hydrogens (tertiary/aromatic N) is 2. The van der Waals surface area contributed by atoms with Gasteiger partial charge in [0.05, 0.1) is 17.5 Å². The molecular formula is C15H19FN2O4S. The van der Waals surface area contributed by atoms with Crippen LogP contribution in [-0.4, -0.2) is 55.6 Å². The van der Waals surface area contributed by atoms with Crippen LogP contribution < -0.4 is 4.90 Å². The lowest BCUT2D eigenvalue weighted by Gasteiger charge is -2.22. The number of fused-ring (bicyclic) bond motifs is 1. The van der Waals surface area contributed by atoms with Gasteiger partial charge in [-0.15, -0.1) is 0 Å². The third kappa shape index (κ3) is 2.75. The standard InChI is InChI=1S/C15H19FN2O4S/c1-10(20)17-5-4-11-6-14(2-3-15(11)17)23(21,22)18-8-12(16)7-13(18)9-19/h2-3,6,12-13,19H,4-5,7-9H2,1H3/t12-,13-/m0/s1. The highest BCUT2D eigenvalue weighted by Gasteiger charge is 2.40. The van der Waals surface area contributed by atoms with Crippen molar-refractivity contribution >= 4 is 21.6 Å². The normalized spacial score (nSPS) is 24.9. The first-order valence-corrected chi connectivity index (χ1v) is 8.96. The molecule has 126 valence electrons. The zero-order valence-electron chi connectivity index (χ0n) is 12.8. The molecule has 2 atom stereocenters. The lowest BCUT2D eigenvalue weighted by Crippen LogP contribution is -2.37. The molecule has 1 N–H and O–H groups in total. The molecule has 1 aromatic rings. The van der Waals surface area contributed by atoms with Crippen molar-refractivity contribution in [1.82, 2.24) is 4.31 Å². The highest BCUT2D eigenvalue weighted by atomic mass is 32.2. The van der Waals surface area contributed by atoms with Gasteiger partial charge in [-0.1, -0.05) is 0 Å². The largest absolute Gasteiger partial charge is 0.395 e. The maximum atomic E-state index is 13.6. The Morgan fingerprint density at radius 2 is 2.17 bits per heavy atom. The number of sulfonamides is 1. The van der Waals surface area contributed by atoms with E-state index >= 15 is 0 Å². The van der Waals surface area contributed by atoms with Crippen LogP contribution >= 0.6 is 0 Å². The predicted molar refractivity (Wildman–Crippen MR) is 82.5 cm³/mol. The van der Waals surface area contributed by atoms with Crippen LogP contribution in [0.2, 0.25) is 0 Å². The summed E-state index contributed by atoms with van der Waals surface area (Å²) in [6.07, 6.45) is -0.656. The summed E-state index contributed by atoms with van der Waals surface area (Å²) in [4.78, 5) is 13.2. The Labute approximate surface area is 134 Å². The molecule has 2 heterocycles. The molecule has 3 rings (SSSR count). The average molecular weight is 342 g/mol. The van der Waals surface area contributed by atoms with Gasteiger partial charge in [-0.2, -0.15) is 4.31 Å². The van der Waals surface area contributed by atoms with Crippen LogP contribution in [0.1, 0.15) is 18.9 Å². The molecule has 0 unspecified atom stereocenters. The van der Waals surface area contributed by atoms with Gasteiger partial charge in [0.1, 0.15) is 6.17 Å². The Kier molecular flexibility index (Phi) is 4.16. The van der Waals surface area contributed by atoms with Crippen LogP contribution in [-0.2, 0) is 21.2 Å². The minimum Gasteiger partial charge on any atom is -0.395 e. The fourth-order valence-electron chi connectivity index (χ4n) is 3.29. The molecule has 0 bridgehead atoms. The van der Waals surface area contributed by atoms with Crippen molar-refractivity contribution in [3.05, 3.63) is 23.8 Å². The molecule has 1 fully saturated rings. The third-order valence-electron chi connectivity index (χ3n) is 4.46. The maximum absolute atomic E-state index is 13.6. The van der Waals surface area contributed by atoms with Crippen molar-refractivity contribution in [2.45, 2.75) is 36.9 Å². The molecule has 0 radical (unpaired) electrons. The second-order valence-electron chi connectivity index (χ2n) is 5.96. The number of benzene rings is 1. The summed E-state index contributed by atoms with van der Waals surface area (Å²) in [5, 5.41) is 9.30. The molecule has 0 aromatic heterocycles. The number of carbonyl (C=O) groups excluding carboxylic acids is 1. The quantitative estimate of drug-likeness (QED) is 0.877. The van der Waals surface area contributed by atoms with E-state index < -0.39 is 28.8 Å². The number of aliphatic hydroxyl groups is 1. The minimum atomic E-state index is -3.86. The van der Waals surface area contributed by atoms with Gasteiger partial charge in [0.25, 0.3) is 0 Å². The van der Waals surface area contributed by atoms with Crippen molar-refractivity contribution < 1.29 is 22.7 Å². The van der Waals surface area contributed by atoms with Gasteiger partial charge in [-0.25, -0.2) is 12.8 Å². The number of amides is 1. The van der Waals surface area contributed by atoms with Crippen LogP contribution in [0.4, 0.5) is 10.1 Å². The van der Waals surface area contributed by atoms with E-state index in [-0.39, 0.29) is 23.8 Å². The Bertz CT molecular complexity index is 737. The van der Waals surface area contributed by atoms with Gasteiger partial charge in [0.15, 0.2) is 0 Å².